The molecule has 1 aliphatic heterocycles. The molecular formula is C31H37Cl2N5O2. The third-order valence-electron chi connectivity index (χ3n) is 9.78. The van der Waals surface area contributed by atoms with Crippen LogP contribution in [0.3, 0.4) is 0 Å². The second-order valence-corrected chi connectivity index (χ2v) is 13.3. The van der Waals surface area contributed by atoms with E-state index in [2.05, 4.69) is 36.0 Å². The maximum atomic E-state index is 13.2. The fraction of sp³-hybridized carbons (Fsp3) is 0.516. The van der Waals surface area contributed by atoms with Crippen LogP contribution >= 0.6 is 23.2 Å². The molecule has 0 spiro atoms. The first-order valence-electron chi connectivity index (χ1n) is 14.3. The number of guanidine groups is 1. The lowest BCUT2D eigenvalue weighted by molar-refractivity contribution is -0.108. The number of anilines is 1. The summed E-state index contributed by atoms with van der Waals surface area (Å²) in [6, 6.07) is 11.3. The summed E-state index contributed by atoms with van der Waals surface area (Å²) < 4.78 is 1.62. The van der Waals surface area contributed by atoms with Gasteiger partial charge in [-0.3, -0.25) is 9.36 Å². The molecule has 5 atom stereocenters. The predicted molar refractivity (Wildman–Crippen MR) is 162 cm³/mol. The third kappa shape index (κ3) is 5.12. The van der Waals surface area contributed by atoms with E-state index in [0.29, 0.717) is 57.7 Å². The van der Waals surface area contributed by atoms with Crippen LogP contribution in [0.5, 0.6) is 0 Å². The average molecular weight is 583 g/mol. The highest BCUT2D eigenvalue weighted by Gasteiger charge is 2.56. The number of rotatable bonds is 5. The molecule has 4 aliphatic rings. The van der Waals surface area contributed by atoms with Gasteiger partial charge in [-0.25, -0.2) is 9.98 Å². The van der Waals surface area contributed by atoms with Gasteiger partial charge < -0.3 is 15.3 Å². The zero-order valence-electron chi connectivity index (χ0n) is 23.3. The number of nitrogens with one attached hydrogen (secondary N) is 1. The summed E-state index contributed by atoms with van der Waals surface area (Å²) in [5.74, 6) is 2.74. The number of aliphatic hydroxyl groups excluding tert-OH is 1. The highest BCUT2D eigenvalue weighted by Crippen LogP contribution is 2.61. The summed E-state index contributed by atoms with van der Waals surface area (Å²) in [5, 5.41) is 15.5. The number of hydrogen-bond donors (Lipinski definition) is 2. The Bertz CT molecular complexity index is 1520. The molecule has 3 saturated carbocycles. The van der Waals surface area contributed by atoms with E-state index < -0.39 is 0 Å². The number of aliphatic imine (C=N–C) groups is 1. The Hall–Kier alpha value is -2.61. The third-order valence-corrected chi connectivity index (χ3v) is 10.4. The van der Waals surface area contributed by atoms with Gasteiger partial charge in [-0.2, -0.15) is 0 Å². The van der Waals surface area contributed by atoms with Gasteiger partial charge in [0.1, 0.15) is 0 Å². The molecule has 1 aromatic heterocycles. The number of benzene rings is 2. The number of nitrogens with zero attached hydrogens (tertiary/aromatic N) is 4. The van der Waals surface area contributed by atoms with E-state index in [-0.39, 0.29) is 17.7 Å². The van der Waals surface area contributed by atoms with Crippen LogP contribution in [0.2, 0.25) is 10.0 Å². The van der Waals surface area contributed by atoms with Gasteiger partial charge in [0.05, 0.1) is 29.4 Å². The van der Waals surface area contributed by atoms with Crippen molar-refractivity contribution in [1.29, 1.82) is 0 Å². The maximum absolute atomic E-state index is 13.2. The smallest absolute Gasteiger partial charge is 0.261 e. The summed E-state index contributed by atoms with van der Waals surface area (Å²) in [6.07, 6.45) is 5.00. The second kappa shape index (κ2) is 10.7. The monoisotopic (exact) mass is 581 g/mol. The molecule has 1 saturated heterocycles. The van der Waals surface area contributed by atoms with Crippen molar-refractivity contribution in [3.8, 4) is 0 Å². The minimum atomic E-state index is -0.345. The lowest BCUT2D eigenvalue weighted by Crippen LogP contribution is -2.56. The molecule has 2 N–H and O–H groups in total. The van der Waals surface area contributed by atoms with Crippen LogP contribution in [0.15, 0.2) is 52.5 Å². The molecule has 0 radical (unpaired) electrons. The van der Waals surface area contributed by atoms with Crippen molar-refractivity contribution >= 4 is 45.8 Å². The minimum Gasteiger partial charge on any atom is -0.391 e. The van der Waals surface area contributed by atoms with E-state index in [1.165, 1.54) is 6.42 Å². The van der Waals surface area contributed by atoms with Gasteiger partial charge in [-0.1, -0.05) is 50.0 Å². The van der Waals surface area contributed by atoms with Crippen LogP contribution in [0, 0.1) is 23.2 Å². The second-order valence-electron chi connectivity index (χ2n) is 12.4. The first-order valence-corrected chi connectivity index (χ1v) is 15.1. The van der Waals surface area contributed by atoms with E-state index in [1.807, 2.05) is 24.3 Å². The fourth-order valence-electron chi connectivity index (χ4n) is 7.07. The van der Waals surface area contributed by atoms with Crippen LogP contribution in [-0.2, 0) is 13.0 Å². The zero-order valence-corrected chi connectivity index (χ0v) is 24.8. The Morgan fingerprint density at radius 1 is 1.20 bits per heavy atom. The quantitative estimate of drug-likeness (QED) is 0.291. The minimum absolute atomic E-state index is 0.0870. The lowest BCUT2D eigenvalue weighted by Gasteiger charge is -2.61. The maximum Gasteiger partial charge on any atom is 0.261 e. The molecule has 3 aromatic rings. The van der Waals surface area contributed by atoms with Crippen molar-refractivity contribution in [3.05, 3.63) is 68.7 Å². The van der Waals surface area contributed by atoms with Crippen molar-refractivity contribution in [3.63, 3.8) is 0 Å². The van der Waals surface area contributed by atoms with E-state index in [9.17, 15) is 9.90 Å². The summed E-state index contributed by atoms with van der Waals surface area (Å²) in [5.41, 5.74) is 2.71. The van der Waals surface area contributed by atoms with Gasteiger partial charge >= 0.3 is 0 Å². The van der Waals surface area contributed by atoms with Gasteiger partial charge in [0, 0.05) is 35.4 Å². The predicted octanol–water partition coefficient (Wildman–Crippen LogP) is 5.85. The van der Waals surface area contributed by atoms with E-state index in [1.54, 1.807) is 23.0 Å². The number of halogens is 2. The van der Waals surface area contributed by atoms with Crippen LogP contribution in [0.1, 0.15) is 45.6 Å². The molecule has 7 rings (SSSR count). The lowest BCUT2D eigenvalue weighted by atomic mass is 9.45. The molecule has 9 heteroatoms. The van der Waals surface area contributed by atoms with Crippen LogP contribution < -0.4 is 10.9 Å². The van der Waals surface area contributed by atoms with Crippen molar-refractivity contribution in [2.45, 2.75) is 65.1 Å². The van der Waals surface area contributed by atoms with Gasteiger partial charge in [-0.05, 0) is 84.7 Å². The van der Waals surface area contributed by atoms with E-state index >= 15 is 0 Å². The Morgan fingerprint density at radius 3 is 2.73 bits per heavy atom. The zero-order chi connectivity index (χ0) is 28.2. The normalized spacial score (nSPS) is 27.6. The average Bonchev–Trinajstić information content (AvgIpc) is 3.35. The van der Waals surface area contributed by atoms with Gasteiger partial charge in [0.15, 0.2) is 5.96 Å². The highest BCUT2D eigenvalue weighted by atomic mass is 35.5. The summed E-state index contributed by atoms with van der Waals surface area (Å²) in [6.45, 7) is 8.95. The van der Waals surface area contributed by atoms with Crippen molar-refractivity contribution in [1.82, 2.24) is 14.5 Å². The number of likely N-dealkylation sites (tertiary alicyclic amines) is 1. The first-order chi connectivity index (χ1) is 19.1. The topological polar surface area (TPSA) is 82.8 Å². The van der Waals surface area contributed by atoms with Crippen molar-refractivity contribution < 1.29 is 5.11 Å². The fourth-order valence-corrected chi connectivity index (χ4v) is 7.57. The molecule has 2 heterocycles. The molecule has 2 bridgehead atoms. The number of β-amino-alcohol motifs (C(OH)–C–C–N with tert-alkyl or cyclic N) is 1. The standard InChI is InChI=1S/C31H37Cl2N5O2/c1-18-25-12-20(31(25,2)3)13-27(18)36-30(37-11-9-23(39)16-37)35-22-6-7-24-28(15-22)34-17-38(29(24)40)10-8-19-4-5-21(32)14-26(19)33/h4-7,14-15,17-18,20,23,25,27,39H,8-13,16H2,1-3H3,(H,35,36)/t18-,20-,23+,25+,27-/m0/s1. The van der Waals surface area contributed by atoms with Crippen LogP contribution in [0.25, 0.3) is 10.9 Å². The summed E-state index contributed by atoms with van der Waals surface area (Å²) >= 11 is 12.3. The van der Waals surface area contributed by atoms with Gasteiger partial charge in [0.25, 0.3) is 5.56 Å². The SMILES string of the molecule is C[C@@H]1[C@@H](/N=C(/Nc2ccc3c(=O)n(CCc4ccc(Cl)cc4Cl)cnc3c2)N2CC[C@@H](O)C2)C[C@@H]2C[C@H]1C2(C)C. The molecule has 0 unspecified atom stereocenters. The van der Waals surface area contributed by atoms with Crippen LogP contribution in [0.4, 0.5) is 5.69 Å². The highest BCUT2D eigenvalue weighted by molar-refractivity contribution is 6.35. The van der Waals surface area contributed by atoms with Crippen molar-refractivity contribution in [2.24, 2.45) is 28.2 Å². The molecule has 212 valence electrons. The summed E-state index contributed by atoms with van der Waals surface area (Å²) in [4.78, 5) is 25.3. The Kier molecular flexibility index (Phi) is 7.34. The molecule has 2 aromatic carbocycles. The molecule has 0 amide bonds. The number of aromatic nitrogens is 2. The molecule has 40 heavy (non-hydrogen) atoms. The van der Waals surface area contributed by atoms with Crippen LogP contribution in [-0.4, -0.2) is 50.8 Å². The number of hydrogen-bond acceptors (Lipinski definition) is 4. The van der Waals surface area contributed by atoms with Gasteiger partial charge in [0.2, 0.25) is 0 Å². The Morgan fingerprint density at radius 2 is 2.02 bits per heavy atom. The number of fused-ring (bicyclic) bond motifs is 3. The number of aryl methyl sites for hydroxylation is 2. The molecule has 4 fully saturated rings. The summed E-state index contributed by atoms with van der Waals surface area (Å²) in [7, 11) is 0. The van der Waals surface area contributed by atoms with E-state index in [4.69, 9.17) is 28.2 Å². The molecule has 3 aliphatic carbocycles. The molecular weight excluding hydrogens is 545 g/mol. The first kappa shape index (κ1) is 27.6. The van der Waals surface area contributed by atoms with Crippen molar-refractivity contribution in [2.75, 3.05) is 18.4 Å². The van der Waals surface area contributed by atoms with E-state index in [0.717, 1.165) is 42.5 Å². The van der Waals surface area contributed by atoms with Gasteiger partial charge in [-0.15, -0.1) is 0 Å². The molecule has 7 nitrogen and oxygen atoms in total. The Labute approximate surface area is 245 Å². The Balaban J connectivity index is 1.23. The number of aliphatic hydroxyl groups is 1. The largest absolute Gasteiger partial charge is 0.391 e.